The van der Waals surface area contributed by atoms with Crippen molar-refractivity contribution in [3.8, 4) is 5.75 Å². The van der Waals surface area contributed by atoms with E-state index in [4.69, 9.17) is 9.47 Å². The first-order valence-corrected chi connectivity index (χ1v) is 13.3. The van der Waals surface area contributed by atoms with Crippen molar-refractivity contribution in [2.24, 2.45) is 0 Å². The van der Waals surface area contributed by atoms with Crippen molar-refractivity contribution in [1.29, 1.82) is 0 Å². The number of methoxy groups -OCH3 is 1. The van der Waals surface area contributed by atoms with E-state index >= 15 is 0 Å². The molecular weight excluding hydrogens is 448 g/mol. The van der Waals surface area contributed by atoms with E-state index in [9.17, 15) is 5.11 Å². The van der Waals surface area contributed by atoms with E-state index in [0.29, 0.717) is 13.0 Å². The van der Waals surface area contributed by atoms with Gasteiger partial charge in [0.25, 0.3) is 0 Å². The van der Waals surface area contributed by atoms with E-state index in [-0.39, 0.29) is 11.5 Å². The normalized spacial score (nSPS) is 25.8. The SMILES string of the molecule is COc1ccc2cc(C3(CN4CCN(C)CC4)CCC(OCc4ccc(C)cc4)CC3O)ccc2c1. The molecule has 3 unspecified atom stereocenters. The maximum atomic E-state index is 11.8. The van der Waals surface area contributed by atoms with E-state index in [1.54, 1.807) is 7.11 Å². The minimum atomic E-state index is -0.454. The van der Waals surface area contributed by atoms with E-state index in [1.165, 1.54) is 22.1 Å². The highest BCUT2D eigenvalue weighted by Crippen LogP contribution is 2.43. The number of hydrogen-bond acceptors (Lipinski definition) is 5. The van der Waals surface area contributed by atoms with Crippen LogP contribution in [-0.4, -0.2) is 74.0 Å². The first-order chi connectivity index (χ1) is 17.4. The third-order valence-electron chi connectivity index (χ3n) is 8.37. The monoisotopic (exact) mass is 488 g/mol. The van der Waals surface area contributed by atoms with E-state index < -0.39 is 6.10 Å². The fourth-order valence-corrected chi connectivity index (χ4v) is 5.91. The maximum Gasteiger partial charge on any atom is 0.119 e. The number of ether oxygens (including phenoxy) is 2. The zero-order chi connectivity index (χ0) is 25.1. The fraction of sp³-hybridized carbons (Fsp3) is 0.484. The minimum absolute atomic E-state index is 0.0756. The molecule has 192 valence electrons. The minimum Gasteiger partial charge on any atom is -0.497 e. The van der Waals surface area contributed by atoms with Crippen LogP contribution >= 0.6 is 0 Å². The molecule has 1 aliphatic carbocycles. The van der Waals surface area contributed by atoms with E-state index in [0.717, 1.165) is 56.7 Å². The summed E-state index contributed by atoms with van der Waals surface area (Å²) >= 11 is 0. The molecule has 5 heteroatoms. The molecule has 1 saturated carbocycles. The van der Waals surface area contributed by atoms with Gasteiger partial charge in [-0.15, -0.1) is 0 Å². The van der Waals surface area contributed by atoms with Crippen LogP contribution < -0.4 is 4.74 Å². The lowest BCUT2D eigenvalue weighted by molar-refractivity contribution is -0.0677. The van der Waals surface area contributed by atoms with E-state index in [1.807, 2.05) is 6.07 Å². The molecule has 0 bridgehead atoms. The van der Waals surface area contributed by atoms with Crippen molar-refractivity contribution < 1.29 is 14.6 Å². The number of nitrogens with zero attached hydrogens (tertiary/aromatic N) is 2. The third kappa shape index (κ3) is 5.45. The number of fused-ring (bicyclic) bond motifs is 1. The Morgan fingerprint density at radius 2 is 1.67 bits per heavy atom. The number of likely N-dealkylation sites (N-methyl/N-ethyl adjacent to an activating group) is 1. The van der Waals surface area contributed by atoms with Gasteiger partial charge in [0.05, 0.1) is 25.9 Å². The van der Waals surface area contributed by atoms with Gasteiger partial charge in [-0.2, -0.15) is 0 Å². The van der Waals surface area contributed by atoms with Crippen molar-refractivity contribution in [3.05, 3.63) is 77.4 Å². The summed E-state index contributed by atoms with van der Waals surface area (Å²) < 4.78 is 11.7. The summed E-state index contributed by atoms with van der Waals surface area (Å²) in [6.07, 6.45) is 2.16. The van der Waals surface area contributed by atoms with E-state index in [2.05, 4.69) is 78.4 Å². The Morgan fingerprint density at radius 1 is 0.944 bits per heavy atom. The number of aryl methyl sites for hydroxylation is 1. The van der Waals surface area contributed by atoms with Crippen LogP contribution in [0, 0.1) is 6.92 Å². The van der Waals surface area contributed by atoms with Crippen molar-refractivity contribution in [2.45, 2.75) is 50.4 Å². The fourth-order valence-electron chi connectivity index (χ4n) is 5.91. The van der Waals surface area contributed by atoms with Crippen LogP contribution in [0.25, 0.3) is 10.8 Å². The smallest absolute Gasteiger partial charge is 0.119 e. The average Bonchev–Trinajstić information content (AvgIpc) is 2.90. The molecule has 5 nitrogen and oxygen atoms in total. The van der Waals surface area contributed by atoms with Gasteiger partial charge < -0.3 is 19.5 Å². The zero-order valence-corrected chi connectivity index (χ0v) is 22.0. The van der Waals surface area contributed by atoms with Gasteiger partial charge in [-0.25, -0.2) is 0 Å². The Kier molecular flexibility index (Phi) is 7.63. The van der Waals surface area contributed by atoms with Crippen LogP contribution in [-0.2, 0) is 16.8 Å². The van der Waals surface area contributed by atoms with Crippen LogP contribution in [0.3, 0.4) is 0 Å². The number of aliphatic hydroxyl groups excluding tert-OH is 1. The molecule has 1 N–H and O–H groups in total. The molecule has 2 fully saturated rings. The van der Waals surface area contributed by atoms with Gasteiger partial charge in [0.1, 0.15) is 5.75 Å². The molecule has 0 spiro atoms. The van der Waals surface area contributed by atoms with Gasteiger partial charge in [-0.3, -0.25) is 4.90 Å². The van der Waals surface area contributed by atoms with Gasteiger partial charge in [-0.1, -0.05) is 54.1 Å². The molecule has 0 aromatic heterocycles. The maximum absolute atomic E-state index is 11.8. The highest BCUT2D eigenvalue weighted by Gasteiger charge is 2.45. The standard InChI is InChI=1S/C31H40N2O3/c1-23-4-6-24(7-5-23)21-36-29-12-13-31(30(34)20-29,22-33-16-14-32(2)15-17-33)27-10-8-26-19-28(35-3)11-9-25(26)18-27/h4-11,18-19,29-30,34H,12-17,20-22H2,1-3H3. The second kappa shape index (κ2) is 10.9. The van der Waals surface area contributed by atoms with Gasteiger partial charge >= 0.3 is 0 Å². The lowest BCUT2D eigenvalue weighted by atomic mass is 9.66. The molecule has 36 heavy (non-hydrogen) atoms. The first-order valence-electron chi connectivity index (χ1n) is 13.3. The molecule has 3 atom stereocenters. The molecule has 3 aromatic rings. The lowest BCUT2D eigenvalue weighted by Crippen LogP contribution is -2.56. The number of piperazine rings is 1. The molecular formula is C31H40N2O3. The molecule has 1 aliphatic heterocycles. The molecule has 2 aliphatic rings. The summed E-state index contributed by atoms with van der Waals surface area (Å²) in [5, 5.41) is 14.1. The van der Waals surface area contributed by atoms with Crippen LogP contribution in [0.4, 0.5) is 0 Å². The summed E-state index contributed by atoms with van der Waals surface area (Å²) in [5.41, 5.74) is 3.39. The summed E-state index contributed by atoms with van der Waals surface area (Å²) in [7, 11) is 3.90. The summed E-state index contributed by atoms with van der Waals surface area (Å²) in [6, 6.07) is 21.5. The topological polar surface area (TPSA) is 45.2 Å². The Bertz CT molecular complexity index is 1160. The van der Waals surface area contributed by atoms with Crippen LogP contribution in [0.15, 0.2) is 60.7 Å². The number of rotatable bonds is 7. The number of benzene rings is 3. The largest absolute Gasteiger partial charge is 0.497 e. The highest BCUT2D eigenvalue weighted by molar-refractivity contribution is 5.84. The lowest BCUT2D eigenvalue weighted by Gasteiger charge is -2.48. The quantitative estimate of drug-likeness (QED) is 0.519. The predicted octanol–water partition coefficient (Wildman–Crippen LogP) is 4.77. The number of aliphatic hydroxyl groups is 1. The van der Waals surface area contributed by atoms with Crippen molar-refractivity contribution >= 4 is 10.8 Å². The molecule has 0 radical (unpaired) electrons. The van der Waals surface area contributed by atoms with Gasteiger partial charge in [0.15, 0.2) is 0 Å². The molecule has 5 rings (SSSR count). The molecule has 1 saturated heterocycles. The van der Waals surface area contributed by atoms with Crippen LogP contribution in [0.2, 0.25) is 0 Å². The van der Waals surface area contributed by atoms with Crippen molar-refractivity contribution in [1.82, 2.24) is 9.80 Å². The molecule has 1 heterocycles. The second-order valence-corrected chi connectivity index (χ2v) is 10.9. The van der Waals surface area contributed by atoms with Gasteiger partial charge in [0.2, 0.25) is 0 Å². The summed E-state index contributed by atoms with van der Waals surface area (Å²) in [6.45, 7) is 7.82. The molecule has 3 aromatic carbocycles. The average molecular weight is 489 g/mol. The van der Waals surface area contributed by atoms with Crippen LogP contribution in [0.5, 0.6) is 5.75 Å². The number of hydrogen-bond donors (Lipinski definition) is 1. The summed E-state index contributed by atoms with van der Waals surface area (Å²) in [5.74, 6) is 0.869. The molecule has 0 amide bonds. The first kappa shape index (κ1) is 25.2. The highest BCUT2D eigenvalue weighted by atomic mass is 16.5. The van der Waals surface area contributed by atoms with Gasteiger partial charge in [-0.05, 0) is 60.8 Å². The Morgan fingerprint density at radius 3 is 2.39 bits per heavy atom. The zero-order valence-electron chi connectivity index (χ0n) is 22.0. The Hall–Kier alpha value is -2.44. The van der Waals surface area contributed by atoms with Gasteiger partial charge in [0, 0.05) is 44.6 Å². The predicted molar refractivity (Wildman–Crippen MR) is 146 cm³/mol. The van der Waals surface area contributed by atoms with Crippen LogP contribution in [0.1, 0.15) is 36.0 Å². The Labute approximate surface area is 215 Å². The third-order valence-corrected chi connectivity index (χ3v) is 8.37. The van der Waals surface area contributed by atoms with Crippen molar-refractivity contribution in [2.75, 3.05) is 46.9 Å². The second-order valence-electron chi connectivity index (χ2n) is 10.9. The Balaban J connectivity index is 1.37. The van der Waals surface area contributed by atoms with Crippen molar-refractivity contribution in [3.63, 3.8) is 0 Å². The summed E-state index contributed by atoms with van der Waals surface area (Å²) in [4.78, 5) is 4.94.